The minimum Gasteiger partial charge on any atom is -0.399 e. The highest BCUT2D eigenvalue weighted by Gasteiger charge is 2.27. The van der Waals surface area contributed by atoms with Gasteiger partial charge in [-0.2, -0.15) is 0 Å². The standard InChI is InChI=1S/C16H17NO3S/c17-13-5-7-14(8-6-13)21(18,19)11-16-15-4-2-1-3-12(15)9-10-20-16/h1-8,16H,9-11,17H2. The maximum atomic E-state index is 12.5. The molecule has 110 valence electrons. The van der Waals surface area contributed by atoms with Gasteiger partial charge in [0.15, 0.2) is 9.84 Å². The highest BCUT2D eigenvalue weighted by molar-refractivity contribution is 7.91. The van der Waals surface area contributed by atoms with Crippen molar-refractivity contribution in [1.29, 1.82) is 0 Å². The van der Waals surface area contributed by atoms with Gasteiger partial charge in [-0.1, -0.05) is 24.3 Å². The Morgan fingerprint density at radius 1 is 1.10 bits per heavy atom. The summed E-state index contributed by atoms with van der Waals surface area (Å²) in [6.45, 7) is 0.555. The average Bonchev–Trinajstić information content (AvgIpc) is 2.48. The largest absolute Gasteiger partial charge is 0.399 e. The molecule has 3 rings (SSSR count). The van der Waals surface area contributed by atoms with Crippen LogP contribution in [0.1, 0.15) is 17.2 Å². The minimum absolute atomic E-state index is 0.0477. The van der Waals surface area contributed by atoms with E-state index in [0.29, 0.717) is 12.3 Å². The Bertz CT molecular complexity index is 738. The molecule has 4 nitrogen and oxygen atoms in total. The summed E-state index contributed by atoms with van der Waals surface area (Å²) in [5.74, 6) is -0.0477. The van der Waals surface area contributed by atoms with E-state index in [1.54, 1.807) is 24.3 Å². The molecule has 2 aromatic carbocycles. The Balaban J connectivity index is 1.88. The summed E-state index contributed by atoms with van der Waals surface area (Å²) in [6.07, 6.45) is 0.423. The number of anilines is 1. The molecule has 0 aromatic heterocycles. The molecule has 1 heterocycles. The van der Waals surface area contributed by atoms with Gasteiger partial charge in [0, 0.05) is 5.69 Å². The fourth-order valence-electron chi connectivity index (χ4n) is 2.59. The quantitative estimate of drug-likeness (QED) is 0.884. The lowest BCUT2D eigenvalue weighted by atomic mass is 9.99. The summed E-state index contributed by atoms with van der Waals surface area (Å²) in [6, 6.07) is 14.1. The Kier molecular flexibility index (Phi) is 3.69. The molecule has 0 fully saturated rings. The van der Waals surface area contributed by atoms with Crippen LogP contribution < -0.4 is 5.73 Å². The van der Waals surface area contributed by atoms with E-state index in [4.69, 9.17) is 10.5 Å². The van der Waals surface area contributed by atoms with Crippen molar-refractivity contribution >= 4 is 15.5 Å². The molecule has 0 bridgehead atoms. The number of hydrogen-bond donors (Lipinski definition) is 1. The van der Waals surface area contributed by atoms with Crippen LogP contribution in [0.5, 0.6) is 0 Å². The maximum Gasteiger partial charge on any atom is 0.181 e. The molecule has 5 heteroatoms. The summed E-state index contributed by atoms with van der Waals surface area (Å²) in [5.41, 5.74) is 8.29. The second-order valence-corrected chi connectivity index (χ2v) is 7.19. The molecule has 0 aliphatic carbocycles. The lowest BCUT2D eigenvalue weighted by Crippen LogP contribution is -2.23. The van der Waals surface area contributed by atoms with E-state index >= 15 is 0 Å². The molecule has 1 unspecified atom stereocenters. The summed E-state index contributed by atoms with van der Waals surface area (Å²) < 4.78 is 30.7. The van der Waals surface area contributed by atoms with E-state index in [0.717, 1.165) is 12.0 Å². The van der Waals surface area contributed by atoms with Crippen molar-refractivity contribution in [3.8, 4) is 0 Å². The lowest BCUT2D eigenvalue weighted by Gasteiger charge is -2.25. The summed E-state index contributed by atoms with van der Waals surface area (Å²) in [4.78, 5) is 0.281. The predicted octanol–water partition coefficient (Wildman–Crippen LogP) is 2.36. The fraction of sp³-hybridized carbons (Fsp3) is 0.250. The lowest BCUT2D eigenvalue weighted by molar-refractivity contribution is 0.0576. The Labute approximate surface area is 124 Å². The van der Waals surface area contributed by atoms with Crippen molar-refractivity contribution < 1.29 is 13.2 Å². The van der Waals surface area contributed by atoms with Gasteiger partial charge in [-0.3, -0.25) is 0 Å². The van der Waals surface area contributed by atoms with E-state index in [1.165, 1.54) is 5.56 Å². The van der Waals surface area contributed by atoms with Gasteiger partial charge in [0.05, 0.1) is 23.4 Å². The first-order valence-corrected chi connectivity index (χ1v) is 8.49. The molecular weight excluding hydrogens is 286 g/mol. The minimum atomic E-state index is -3.40. The highest BCUT2D eigenvalue weighted by Crippen LogP contribution is 2.29. The van der Waals surface area contributed by atoms with Gasteiger partial charge in [-0.25, -0.2) is 8.42 Å². The Morgan fingerprint density at radius 3 is 2.57 bits per heavy atom. The number of hydrogen-bond acceptors (Lipinski definition) is 4. The second kappa shape index (κ2) is 5.50. The van der Waals surface area contributed by atoms with E-state index in [-0.39, 0.29) is 10.6 Å². The third kappa shape index (κ3) is 2.94. The van der Waals surface area contributed by atoms with Crippen molar-refractivity contribution in [3.05, 3.63) is 59.7 Å². The number of sulfone groups is 1. The molecule has 21 heavy (non-hydrogen) atoms. The number of nitrogens with two attached hydrogens (primary N) is 1. The first-order valence-electron chi connectivity index (χ1n) is 6.84. The number of rotatable bonds is 3. The first kappa shape index (κ1) is 14.1. The van der Waals surface area contributed by atoms with Crippen LogP contribution >= 0.6 is 0 Å². The third-order valence-electron chi connectivity index (χ3n) is 3.70. The molecule has 0 saturated heterocycles. The smallest absolute Gasteiger partial charge is 0.181 e. The van der Waals surface area contributed by atoms with Crippen molar-refractivity contribution in [1.82, 2.24) is 0 Å². The van der Waals surface area contributed by atoms with Crippen LogP contribution in [0.4, 0.5) is 5.69 Å². The van der Waals surface area contributed by atoms with E-state index in [9.17, 15) is 8.42 Å². The summed E-state index contributed by atoms with van der Waals surface area (Å²) >= 11 is 0. The molecule has 1 aliphatic rings. The Hall–Kier alpha value is -1.85. The monoisotopic (exact) mass is 303 g/mol. The van der Waals surface area contributed by atoms with Crippen LogP contribution in [0.25, 0.3) is 0 Å². The topological polar surface area (TPSA) is 69.4 Å². The zero-order valence-electron chi connectivity index (χ0n) is 11.5. The number of fused-ring (bicyclic) bond motifs is 1. The van der Waals surface area contributed by atoms with Gasteiger partial charge in [-0.05, 0) is 41.8 Å². The van der Waals surface area contributed by atoms with Gasteiger partial charge in [-0.15, -0.1) is 0 Å². The first-order chi connectivity index (χ1) is 10.1. The van der Waals surface area contributed by atoms with Crippen LogP contribution in [0.3, 0.4) is 0 Å². The molecule has 0 saturated carbocycles. The summed E-state index contributed by atoms with van der Waals surface area (Å²) in [5, 5.41) is 0. The molecule has 0 amide bonds. The van der Waals surface area contributed by atoms with Gasteiger partial charge in [0.2, 0.25) is 0 Å². The van der Waals surface area contributed by atoms with Crippen molar-refractivity contribution in [3.63, 3.8) is 0 Å². The normalized spacial score (nSPS) is 18.2. The molecule has 2 aromatic rings. The van der Waals surface area contributed by atoms with E-state index < -0.39 is 15.9 Å². The van der Waals surface area contributed by atoms with Crippen LogP contribution in [-0.4, -0.2) is 20.8 Å². The van der Waals surface area contributed by atoms with Crippen molar-refractivity contribution in [2.24, 2.45) is 0 Å². The zero-order valence-corrected chi connectivity index (χ0v) is 12.3. The third-order valence-corrected chi connectivity index (χ3v) is 5.43. The van der Waals surface area contributed by atoms with Gasteiger partial charge in [0.25, 0.3) is 0 Å². The predicted molar refractivity (Wildman–Crippen MR) is 81.7 cm³/mol. The van der Waals surface area contributed by atoms with Crippen LogP contribution in [0.2, 0.25) is 0 Å². The average molecular weight is 303 g/mol. The molecule has 2 N–H and O–H groups in total. The highest BCUT2D eigenvalue weighted by atomic mass is 32.2. The van der Waals surface area contributed by atoms with Gasteiger partial charge < -0.3 is 10.5 Å². The molecular formula is C16H17NO3S. The summed E-state index contributed by atoms with van der Waals surface area (Å²) in [7, 11) is -3.40. The van der Waals surface area contributed by atoms with Gasteiger partial charge >= 0.3 is 0 Å². The number of benzene rings is 2. The van der Waals surface area contributed by atoms with Crippen LogP contribution in [0.15, 0.2) is 53.4 Å². The van der Waals surface area contributed by atoms with Gasteiger partial charge in [0.1, 0.15) is 0 Å². The molecule has 1 aliphatic heterocycles. The zero-order chi connectivity index (χ0) is 14.9. The number of nitrogen functional groups attached to an aromatic ring is 1. The van der Waals surface area contributed by atoms with E-state index in [1.807, 2.05) is 24.3 Å². The van der Waals surface area contributed by atoms with Crippen molar-refractivity contribution in [2.45, 2.75) is 17.4 Å². The Morgan fingerprint density at radius 2 is 1.81 bits per heavy atom. The van der Waals surface area contributed by atoms with Crippen LogP contribution in [-0.2, 0) is 21.0 Å². The second-order valence-electron chi connectivity index (χ2n) is 5.16. The van der Waals surface area contributed by atoms with E-state index in [2.05, 4.69) is 0 Å². The molecule has 0 radical (unpaired) electrons. The fourth-order valence-corrected chi connectivity index (χ4v) is 4.00. The molecule has 1 atom stereocenters. The maximum absolute atomic E-state index is 12.5. The SMILES string of the molecule is Nc1ccc(S(=O)(=O)CC2OCCc3ccccc32)cc1. The van der Waals surface area contributed by atoms with Crippen LogP contribution in [0, 0.1) is 0 Å². The number of ether oxygens (including phenoxy) is 1. The molecule has 0 spiro atoms. The van der Waals surface area contributed by atoms with Crippen molar-refractivity contribution in [2.75, 3.05) is 18.1 Å².